The lowest BCUT2D eigenvalue weighted by molar-refractivity contribution is -0.119. The van der Waals surface area contributed by atoms with Crippen molar-refractivity contribution in [2.75, 3.05) is 37.3 Å². The molecular weight excluding hydrogens is 384 g/mol. The molecule has 2 N–H and O–H groups in total. The van der Waals surface area contributed by atoms with E-state index in [1.807, 2.05) is 0 Å². The topological polar surface area (TPSA) is 103 Å². The van der Waals surface area contributed by atoms with E-state index in [0.717, 1.165) is 0 Å². The van der Waals surface area contributed by atoms with Gasteiger partial charge in [0.2, 0.25) is 15.9 Å². The van der Waals surface area contributed by atoms with E-state index in [-0.39, 0.29) is 18.3 Å². The Labute approximate surface area is 164 Å². The normalized spacial score (nSPS) is 10.8. The molecule has 2 rings (SSSR count). The van der Waals surface area contributed by atoms with Crippen molar-refractivity contribution in [2.45, 2.75) is 6.92 Å². The van der Waals surface area contributed by atoms with Crippen LogP contribution in [0.2, 0.25) is 0 Å². The van der Waals surface area contributed by atoms with Crippen LogP contribution in [0.1, 0.15) is 6.92 Å². The van der Waals surface area contributed by atoms with Gasteiger partial charge in [0.1, 0.15) is 36.2 Å². The van der Waals surface area contributed by atoms with Gasteiger partial charge in [-0.1, -0.05) is 0 Å². The maximum absolute atomic E-state index is 12.2. The van der Waals surface area contributed by atoms with E-state index in [4.69, 9.17) is 14.2 Å². The van der Waals surface area contributed by atoms with Gasteiger partial charge in [0, 0.05) is 12.6 Å². The lowest BCUT2D eigenvalue weighted by Gasteiger charge is -2.11. The van der Waals surface area contributed by atoms with E-state index in [1.54, 1.807) is 55.6 Å². The first-order chi connectivity index (χ1) is 13.4. The van der Waals surface area contributed by atoms with Crippen LogP contribution in [0.15, 0.2) is 48.5 Å². The molecule has 2 aromatic carbocycles. The molecule has 0 bridgehead atoms. The molecule has 0 aliphatic heterocycles. The first-order valence-electron chi connectivity index (χ1n) is 8.62. The minimum atomic E-state index is -3.55. The summed E-state index contributed by atoms with van der Waals surface area (Å²) in [6.45, 7) is 2.18. The number of benzene rings is 2. The average molecular weight is 408 g/mol. The molecule has 2 aromatic rings. The largest absolute Gasteiger partial charge is 0.497 e. The number of carbonyl (C=O) groups is 1. The number of hydrogen-bond acceptors (Lipinski definition) is 6. The van der Waals surface area contributed by atoms with Crippen LogP contribution in [0.25, 0.3) is 0 Å². The van der Waals surface area contributed by atoms with Gasteiger partial charge in [-0.25, -0.2) is 8.42 Å². The zero-order valence-corrected chi connectivity index (χ0v) is 16.6. The Kier molecular flexibility index (Phi) is 7.94. The van der Waals surface area contributed by atoms with Crippen LogP contribution in [0.4, 0.5) is 5.69 Å². The molecule has 28 heavy (non-hydrogen) atoms. The van der Waals surface area contributed by atoms with Gasteiger partial charge < -0.3 is 19.5 Å². The van der Waals surface area contributed by atoms with Gasteiger partial charge >= 0.3 is 0 Å². The van der Waals surface area contributed by atoms with Crippen LogP contribution in [-0.2, 0) is 14.8 Å². The van der Waals surface area contributed by atoms with Crippen LogP contribution < -0.4 is 24.2 Å². The van der Waals surface area contributed by atoms with Gasteiger partial charge in [0.25, 0.3) is 0 Å². The summed E-state index contributed by atoms with van der Waals surface area (Å²) in [5.41, 5.74) is 0.429. The summed E-state index contributed by atoms with van der Waals surface area (Å²) in [5, 5.41) is 2.62. The zero-order valence-electron chi connectivity index (χ0n) is 15.8. The number of carbonyl (C=O) groups excluding carboxylic acids is 1. The van der Waals surface area contributed by atoms with Crippen LogP contribution >= 0.6 is 0 Å². The van der Waals surface area contributed by atoms with Crippen molar-refractivity contribution in [3.8, 4) is 17.2 Å². The maximum Gasteiger partial charge on any atom is 0.236 e. The highest BCUT2D eigenvalue weighted by molar-refractivity contribution is 7.92. The second kappa shape index (κ2) is 10.4. The third-order valence-electron chi connectivity index (χ3n) is 3.55. The van der Waals surface area contributed by atoms with Crippen LogP contribution in [0, 0.1) is 0 Å². The number of ether oxygens (including phenoxy) is 3. The van der Waals surface area contributed by atoms with Crippen molar-refractivity contribution in [2.24, 2.45) is 0 Å². The minimum Gasteiger partial charge on any atom is -0.497 e. The molecule has 0 aliphatic carbocycles. The summed E-state index contributed by atoms with van der Waals surface area (Å²) in [6.07, 6.45) is 0. The molecule has 0 atom stereocenters. The SMILES string of the molecule is COc1ccc(OCCS(=O)(=O)Nc2ccc(OCCNC(C)=O)cc2)cc1. The number of rotatable bonds is 11. The van der Waals surface area contributed by atoms with Crippen molar-refractivity contribution in [1.82, 2.24) is 5.32 Å². The number of nitrogens with one attached hydrogen (secondary N) is 2. The number of amides is 1. The fraction of sp³-hybridized carbons (Fsp3) is 0.316. The van der Waals surface area contributed by atoms with Crippen molar-refractivity contribution < 1.29 is 27.4 Å². The Balaban J connectivity index is 1.76. The minimum absolute atomic E-state index is 0.0198. The molecule has 0 unspecified atom stereocenters. The van der Waals surface area contributed by atoms with Crippen molar-refractivity contribution in [1.29, 1.82) is 0 Å². The fourth-order valence-electron chi connectivity index (χ4n) is 2.19. The van der Waals surface area contributed by atoms with Crippen LogP contribution in [0.3, 0.4) is 0 Å². The van der Waals surface area contributed by atoms with E-state index >= 15 is 0 Å². The molecule has 0 heterocycles. The monoisotopic (exact) mass is 408 g/mol. The van der Waals surface area contributed by atoms with Crippen molar-refractivity contribution >= 4 is 21.6 Å². The fourth-order valence-corrected chi connectivity index (χ4v) is 3.09. The lowest BCUT2D eigenvalue weighted by Crippen LogP contribution is -2.25. The highest BCUT2D eigenvalue weighted by atomic mass is 32.2. The smallest absolute Gasteiger partial charge is 0.236 e. The molecule has 8 nitrogen and oxygen atoms in total. The van der Waals surface area contributed by atoms with E-state index in [9.17, 15) is 13.2 Å². The summed E-state index contributed by atoms with van der Waals surface area (Å²) in [4.78, 5) is 10.8. The van der Waals surface area contributed by atoms with E-state index in [2.05, 4.69) is 10.0 Å². The van der Waals surface area contributed by atoms with Gasteiger partial charge in [-0.05, 0) is 48.5 Å². The maximum atomic E-state index is 12.2. The molecule has 0 aromatic heterocycles. The number of anilines is 1. The van der Waals surface area contributed by atoms with Gasteiger partial charge in [0.15, 0.2) is 0 Å². The summed E-state index contributed by atoms with van der Waals surface area (Å²) in [7, 11) is -1.98. The van der Waals surface area contributed by atoms with Crippen molar-refractivity contribution in [3.63, 3.8) is 0 Å². The second-order valence-electron chi connectivity index (χ2n) is 5.80. The second-order valence-corrected chi connectivity index (χ2v) is 7.64. The Morgan fingerprint density at radius 2 is 1.43 bits per heavy atom. The molecular formula is C19H24N2O6S. The molecule has 0 spiro atoms. The third-order valence-corrected chi connectivity index (χ3v) is 4.80. The molecule has 0 saturated carbocycles. The zero-order chi connectivity index (χ0) is 20.4. The Hall–Kier alpha value is -2.94. The lowest BCUT2D eigenvalue weighted by atomic mass is 10.3. The first kappa shape index (κ1) is 21.4. The molecule has 0 saturated heterocycles. The van der Waals surface area contributed by atoms with Gasteiger partial charge in [0.05, 0.1) is 13.7 Å². The Bertz CT molecular complexity index is 851. The first-order valence-corrected chi connectivity index (χ1v) is 10.3. The van der Waals surface area contributed by atoms with Gasteiger partial charge in [-0.2, -0.15) is 0 Å². The van der Waals surface area contributed by atoms with E-state index < -0.39 is 10.0 Å². The predicted molar refractivity (Wildman–Crippen MR) is 107 cm³/mol. The Morgan fingerprint density at radius 1 is 0.893 bits per heavy atom. The predicted octanol–water partition coefficient (Wildman–Crippen LogP) is 2.03. The summed E-state index contributed by atoms with van der Waals surface area (Å²) >= 11 is 0. The standard InChI is InChI=1S/C19H24N2O6S/c1-15(22)20-11-12-26-18-5-3-16(4-6-18)21-28(23,24)14-13-27-19-9-7-17(25-2)8-10-19/h3-10,21H,11-14H2,1-2H3,(H,20,22). The molecule has 9 heteroatoms. The quantitative estimate of drug-likeness (QED) is 0.552. The summed E-state index contributed by atoms with van der Waals surface area (Å²) < 4.78 is 42.8. The average Bonchev–Trinajstić information content (AvgIpc) is 2.66. The third kappa shape index (κ3) is 7.75. The van der Waals surface area contributed by atoms with Crippen LogP contribution in [-0.4, -0.2) is 46.9 Å². The van der Waals surface area contributed by atoms with E-state index in [1.165, 1.54) is 6.92 Å². The molecule has 1 amide bonds. The molecule has 0 aliphatic rings. The van der Waals surface area contributed by atoms with Crippen molar-refractivity contribution in [3.05, 3.63) is 48.5 Å². The highest BCUT2D eigenvalue weighted by Crippen LogP contribution is 2.18. The number of methoxy groups -OCH3 is 1. The van der Waals surface area contributed by atoms with E-state index in [0.29, 0.717) is 36.1 Å². The summed E-state index contributed by atoms with van der Waals surface area (Å²) in [5.74, 6) is 1.54. The van der Waals surface area contributed by atoms with Gasteiger partial charge in [-0.3, -0.25) is 9.52 Å². The summed E-state index contributed by atoms with van der Waals surface area (Å²) in [6, 6.07) is 13.4. The Morgan fingerprint density at radius 3 is 2.00 bits per heavy atom. The highest BCUT2D eigenvalue weighted by Gasteiger charge is 2.11. The molecule has 152 valence electrons. The number of hydrogen-bond donors (Lipinski definition) is 2. The van der Waals surface area contributed by atoms with Gasteiger partial charge in [-0.15, -0.1) is 0 Å². The van der Waals surface area contributed by atoms with Crippen LogP contribution in [0.5, 0.6) is 17.2 Å². The molecule has 0 radical (unpaired) electrons. The number of sulfonamides is 1. The molecule has 0 fully saturated rings.